The van der Waals surface area contributed by atoms with Gasteiger partial charge in [-0.25, -0.2) is 0 Å². The molecule has 1 aliphatic heterocycles. The number of aliphatic hydroxyl groups excluding tert-OH is 1. The summed E-state index contributed by atoms with van der Waals surface area (Å²) in [5, 5.41) is 13.3. The Balaban J connectivity index is 1.87. The van der Waals surface area contributed by atoms with Crippen LogP contribution >= 0.6 is 0 Å². The molecule has 0 bridgehead atoms. The Kier molecular flexibility index (Phi) is 6.49. The molecule has 2 rings (SSSR count). The summed E-state index contributed by atoms with van der Waals surface area (Å²) >= 11 is 0. The van der Waals surface area contributed by atoms with E-state index >= 15 is 0 Å². The Labute approximate surface area is 129 Å². The van der Waals surface area contributed by atoms with Crippen LogP contribution in [-0.2, 0) is 4.79 Å². The summed E-state index contributed by atoms with van der Waals surface area (Å²) < 4.78 is 0. The number of amides is 1. The first-order valence-corrected chi connectivity index (χ1v) is 8.79. The van der Waals surface area contributed by atoms with Crippen LogP contribution < -0.4 is 5.32 Å². The third-order valence-corrected chi connectivity index (χ3v) is 5.02. The van der Waals surface area contributed by atoms with Crippen LogP contribution in [0.1, 0.15) is 65.2 Å². The second kappa shape index (κ2) is 8.14. The van der Waals surface area contributed by atoms with Gasteiger partial charge in [-0.2, -0.15) is 0 Å². The van der Waals surface area contributed by atoms with Gasteiger partial charge < -0.3 is 10.4 Å². The number of piperidine rings is 1. The van der Waals surface area contributed by atoms with Crippen molar-refractivity contribution in [1.29, 1.82) is 0 Å². The van der Waals surface area contributed by atoms with Crippen LogP contribution in [0.2, 0.25) is 0 Å². The predicted molar refractivity (Wildman–Crippen MR) is 85.1 cm³/mol. The molecular formula is C17H32N2O2. The number of aliphatic hydroxyl groups is 1. The number of rotatable bonds is 5. The van der Waals surface area contributed by atoms with Crippen molar-refractivity contribution in [2.45, 2.75) is 83.4 Å². The first-order chi connectivity index (χ1) is 10.1. The smallest absolute Gasteiger partial charge is 0.221 e. The molecule has 3 unspecified atom stereocenters. The fourth-order valence-electron chi connectivity index (χ4n) is 4.01. The average molecular weight is 296 g/mol. The fraction of sp³-hybridized carbons (Fsp3) is 0.941. The van der Waals surface area contributed by atoms with E-state index in [2.05, 4.69) is 10.2 Å². The molecule has 2 aliphatic rings. The Bertz CT molecular complexity index is 333. The quantitative estimate of drug-likeness (QED) is 0.818. The predicted octanol–water partition coefficient (Wildman–Crippen LogP) is 2.31. The van der Waals surface area contributed by atoms with E-state index in [1.807, 2.05) is 13.8 Å². The number of hydrogen-bond donors (Lipinski definition) is 2. The summed E-state index contributed by atoms with van der Waals surface area (Å²) in [6.45, 7) is 5.93. The fourth-order valence-corrected chi connectivity index (χ4v) is 4.01. The van der Waals surface area contributed by atoms with E-state index in [9.17, 15) is 9.90 Å². The Hall–Kier alpha value is -0.610. The summed E-state index contributed by atoms with van der Waals surface area (Å²) in [6.07, 6.45) is 8.66. The van der Waals surface area contributed by atoms with Crippen molar-refractivity contribution >= 4 is 5.91 Å². The highest BCUT2D eigenvalue weighted by atomic mass is 16.3. The zero-order chi connectivity index (χ0) is 15.2. The summed E-state index contributed by atoms with van der Waals surface area (Å²) in [5.41, 5.74) is 0. The molecule has 1 amide bonds. The Morgan fingerprint density at radius 2 is 1.90 bits per heavy atom. The standard InChI is InChI=1S/C17H32N2O2/c1-13(2)18-17(21)10-12-19-11-6-5-8-15(19)14-7-3-4-9-16(14)20/h13-16,20H,3-12H2,1-2H3,(H,18,21). The highest BCUT2D eigenvalue weighted by Crippen LogP contribution is 2.34. The molecule has 1 saturated carbocycles. The second-order valence-corrected chi connectivity index (χ2v) is 7.09. The highest BCUT2D eigenvalue weighted by molar-refractivity contribution is 5.76. The van der Waals surface area contributed by atoms with Crippen LogP contribution in [-0.4, -0.2) is 47.2 Å². The molecule has 4 nitrogen and oxygen atoms in total. The molecule has 0 aromatic heterocycles. The third kappa shape index (κ3) is 4.96. The molecule has 0 radical (unpaired) electrons. The minimum atomic E-state index is -0.131. The lowest BCUT2D eigenvalue weighted by Gasteiger charge is -2.43. The van der Waals surface area contributed by atoms with Gasteiger partial charge in [0.25, 0.3) is 0 Å². The molecule has 0 aromatic carbocycles. The number of nitrogens with zero attached hydrogens (tertiary/aromatic N) is 1. The van der Waals surface area contributed by atoms with Gasteiger partial charge in [-0.05, 0) is 46.1 Å². The molecule has 21 heavy (non-hydrogen) atoms. The van der Waals surface area contributed by atoms with Crippen LogP contribution in [0.5, 0.6) is 0 Å². The van der Waals surface area contributed by atoms with E-state index in [-0.39, 0.29) is 18.1 Å². The first-order valence-electron chi connectivity index (χ1n) is 8.79. The van der Waals surface area contributed by atoms with Gasteiger partial charge in [0.1, 0.15) is 0 Å². The van der Waals surface area contributed by atoms with Crippen LogP contribution in [0.4, 0.5) is 0 Å². The van der Waals surface area contributed by atoms with Crippen LogP contribution in [0.3, 0.4) is 0 Å². The molecule has 122 valence electrons. The normalized spacial score (nSPS) is 31.3. The third-order valence-electron chi connectivity index (χ3n) is 5.02. The lowest BCUT2D eigenvalue weighted by molar-refractivity contribution is -0.122. The van der Waals surface area contributed by atoms with Gasteiger partial charge in [-0.1, -0.05) is 19.3 Å². The zero-order valence-corrected chi connectivity index (χ0v) is 13.7. The maximum Gasteiger partial charge on any atom is 0.221 e. The molecule has 2 fully saturated rings. The maximum absolute atomic E-state index is 11.9. The number of hydrogen-bond acceptors (Lipinski definition) is 3. The van der Waals surface area contributed by atoms with Gasteiger partial charge in [-0.15, -0.1) is 0 Å². The Morgan fingerprint density at radius 3 is 2.62 bits per heavy atom. The van der Waals surface area contributed by atoms with Crippen molar-refractivity contribution < 1.29 is 9.90 Å². The van der Waals surface area contributed by atoms with Crippen LogP contribution in [0.15, 0.2) is 0 Å². The lowest BCUT2D eigenvalue weighted by atomic mass is 9.78. The van der Waals surface area contributed by atoms with Gasteiger partial charge in [0.2, 0.25) is 5.91 Å². The number of likely N-dealkylation sites (tertiary alicyclic amines) is 1. The molecule has 1 saturated heterocycles. The van der Waals surface area contributed by atoms with E-state index in [4.69, 9.17) is 0 Å². The first kappa shape index (κ1) is 16.8. The van der Waals surface area contributed by atoms with E-state index in [1.165, 1.54) is 32.1 Å². The molecular weight excluding hydrogens is 264 g/mol. The van der Waals surface area contributed by atoms with Gasteiger partial charge >= 0.3 is 0 Å². The van der Waals surface area contributed by atoms with Crippen LogP contribution in [0.25, 0.3) is 0 Å². The van der Waals surface area contributed by atoms with Crippen molar-refractivity contribution in [2.75, 3.05) is 13.1 Å². The maximum atomic E-state index is 11.9. The van der Waals surface area contributed by atoms with Crippen molar-refractivity contribution in [1.82, 2.24) is 10.2 Å². The van der Waals surface area contributed by atoms with Gasteiger partial charge in [0, 0.05) is 31.0 Å². The average Bonchev–Trinajstić information content (AvgIpc) is 2.45. The summed E-state index contributed by atoms with van der Waals surface area (Å²) in [7, 11) is 0. The number of nitrogens with one attached hydrogen (secondary N) is 1. The van der Waals surface area contributed by atoms with E-state index in [1.54, 1.807) is 0 Å². The minimum Gasteiger partial charge on any atom is -0.393 e. The molecule has 1 heterocycles. The number of carbonyl (C=O) groups is 1. The highest BCUT2D eigenvalue weighted by Gasteiger charge is 2.35. The molecule has 4 heteroatoms. The van der Waals surface area contributed by atoms with Gasteiger partial charge in [0.15, 0.2) is 0 Å². The second-order valence-electron chi connectivity index (χ2n) is 7.09. The van der Waals surface area contributed by atoms with Crippen molar-refractivity contribution in [2.24, 2.45) is 5.92 Å². The number of carbonyl (C=O) groups excluding carboxylic acids is 1. The zero-order valence-electron chi connectivity index (χ0n) is 13.7. The van der Waals surface area contributed by atoms with Gasteiger partial charge in [-0.3, -0.25) is 9.69 Å². The molecule has 2 N–H and O–H groups in total. The summed E-state index contributed by atoms with van der Waals surface area (Å²) in [4.78, 5) is 14.3. The van der Waals surface area contributed by atoms with E-state index < -0.39 is 0 Å². The van der Waals surface area contributed by atoms with E-state index in [0.29, 0.717) is 18.4 Å². The molecule has 1 aliphatic carbocycles. The van der Waals surface area contributed by atoms with Crippen molar-refractivity contribution in [3.63, 3.8) is 0 Å². The van der Waals surface area contributed by atoms with Crippen LogP contribution in [0, 0.1) is 5.92 Å². The summed E-state index contributed by atoms with van der Waals surface area (Å²) in [5.74, 6) is 0.575. The van der Waals surface area contributed by atoms with Gasteiger partial charge in [0.05, 0.1) is 6.10 Å². The Morgan fingerprint density at radius 1 is 1.19 bits per heavy atom. The topological polar surface area (TPSA) is 52.6 Å². The lowest BCUT2D eigenvalue weighted by Crippen LogP contribution is -2.49. The largest absolute Gasteiger partial charge is 0.393 e. The van der Waals surface area contributed by atoms with E-state index in [0.717, 1.165) is 25.9 Å². The monoisotopic (exact) mass is 296 g/mol. The van der Waals surface area contributed by atoms with Crippen molar-refractivity contribution in [3.8, 4) is 0 Å². The van der Waals surface area contributed by atoms with Crippen molar-refractivity contribution in [3.05, 3.63) is 0 Å². The molecule has 0 spiro atoms. The minimum absolute atomic E-state index is 0.131. The summed E-state index contributed by atoms with van der Waals surface area (Å²) in [6, 6.07) is 0.704. The molecule has 3 atom stereocenters. The SMILES string of the molecule is CC(C)NC(=O)CCN1CCCCC1C1CCCCC1O. The molecule has 0 aromatic rings.